The Morgan fingerprint density at radius 1 is 0.168 bits per heavy atom. The van der Waals surface area contributed by atoms with Crippen LogP contribution in [0, 0.1) is 19.7 Å². The van der Waals surface area contributed by atoms with Gasteiger partial charge in [-0.25, -0.2) is 19.5 Å². The normalized spacial score (nSPS) is 11.6. The molecule has 8 heteroatoms. The first-order valence-electron chi connectivity index (χ1n) is 43.8. The minimum atomic E-state index is 0.606. The maximum Gasteiger partial charge on any atom is 0.188 e. The number of benzene rings is 22. The van der Waals surface area contributed by atoms with Crippen molar-refractivity contribution >= 4 is 201 Å². The molecule has 0 saturated heterocycles. The molecule has 0 atom stereocenters. The Bertz CT molecular complexity index is 9690. The molecule has 5 heterocycles. The molecule has 27 rings (SSSR count). The van der Waals surface area contributed by atoms with E-state index in [9.17, 15) is 0 Å². The van der Waals surface area contributed by atoms with Crippen LogP contribution in [0.2, 0.25) is 0 Å². The van der Waals surface area contributed by atoms with Crippen LogP contribution in [0.4, 0.5) is 17.1 Å². The first-order chi connectivity index (χ1) is 64.8. The Labute approximate surface area is 750 Å². The van der Waals surface area contributed by atoms with Crippen molar-refractivity contribution in [2.75, 3.05) is 0 Å². The SMILES string of the molecule is [C-]#[N+]c1ccc2oc3ccc(-c4cc5c6ccccc6c(-c6ccc7ccccc7c6)cc5c5ccccc45)cc3c2c1.[C-]#[N+]c1ccc2oc3ccc(-c4cc5c6ccccc6c(-c6cccc(-c7ccncc7)n6)cc5c5ccccc45)cc3c2c1.[C-]#[N+]c1ccc2oc3ccc(-c4cc5c6ccccc6c(-c6cccc7ccccc67)cc5c5ccccc45)cc3c2c1. The summed E-state index contributed by atoms with van der Waals surface area (Å²) in [6.45, 7) is 22.5. The van der Waals surface area contributed by atoms with E-state index < -0.39 is 0 Å². The summed E-state index contributed by atoms with van der Waals surface area (Å²) in [5, 5.41) is 32.9. The highest BCUT2D eigenvalue weighted by atomic mass is 16.3. The molecule has 0 amide bonds. The van der Waals surface area contributed by atoms with Gasteiger partial charge in [-0.05, 0) is 314 Å². The minimum Gasteiger partial charge on any atom is -0.456 e. The van der Waals surface area contributed by atoms with E-state index in [1.165, 1.54) is 146 Å². The van der Waals surface area contributed by atoms with Gasteiger partial charge >= 0.3 is 0 Å². The summed E-state index contributed by atoms with van der Waals surface area (Å²) in [7, 11) is 0. The molecule has 0 spiro atoms. The van der Waals surface area contributed by atoms with Crippen molar-refractivity contribution < 1.29 is 13.3 Å². The summed E-state index contributed by atoms with van der Waals surface area (Å²) in [5.74, 6) is 0. The lowest BCUT2D eigenvalue weighted by atomic mass is 9.86. The number of nitrogens with zero attached hydrogens (tertiary/aromatic N) is 5. The molecule has 0 aliphatic heterocycles. The lowest BCUT2D eigenvalue weighted by molar-refractivity contribution is 0.668. The highest BCUT2D eigenvalue weighted by molar-refractivity contribution is 6.29. The average molecular weight is 1660 g/mol. The van der Waals surface area contributed by atoms with Gasteiger partial charge in [-0.1, -0.05) is 267 Å². The molecular weight excluding hydrogens is 1600 g/mol. The first-order valence-corrected chi connectivity index (χ1v) is 43.8. The number of hydrogen-bond donors (Lipinski definition) is 0. The van der Waals surface area contributed by atoms with Crippen molar-refractivity contribution in [3.63, 3.8) is 0 Å². The van der Waals surface area contributed by atoms with E-state index in [1.807, 2.05) is 72.8 Å². The summed E-state index contributed by atoms with van der Waals surface area (Å²) in [5.41, 5.74) is 22.6. The quantitative estimate of drug-likeness (QED) is 0.117. The van der Waals surface area contributed by atoms with Gasteiger partial charge in [0.25, 0.3) is 0 Å². The van der Waals surface area contributed by atoms with Gasteiger partial charge in [0.2, 0.25) is 0 Å². The third-order valence-corrected chi connectivity index (χ3v) is 26.5. The number of pyridine rings is 2. The van der Waals surface area contributed by atoms with Gasteiger partial charge in [-0.2, -0.15) is 0 Å². The summed E-state index contributed by atoms with van der Waals surface area (Å²) < 4.78 is 18.4. The largest absolute Gasteiger partial charge is 0.456 e. The van der Waals surface area contributed by atoms with E-state index >= 15 is 0 Å². The number of fused-ring (bicyclic) bond motifs is 26. The standard InChI is InChI=1S/C41H23N3O.2C41H23NO/c1-42-27-14-16-41-37(22-27)36-21-26(13-15-40(36)45-41)32-23-33-30-9-4-5-10-31(30)35(24-34(33)29-8-3-2-7-28(29)32)39-12-6-11-38(44-39)25-17-19-43-20-18-25;1-42-29-17-19-41-39(22-29)38-21-28(16-18-40(38)43-41)35-24-37-32-12-6-4-10-30(32)34(23-36(37)33-13-7-5-11-31(33)35)27-15-14-25-8-2-3-9-26(25)20-27;1-42-27-18-20-41-39(22-27)38-21-26(17-19-40(38)43-41)34-23-36-33-15-7-6-14-32(33)35(24-37(36)31-13-5-4-12-30(31)34)29-16-8-10-25-9-2-3-11-28(25)29/h2-24H;2*2-24H. The third-order valence-electron chi connectivity index (χ3n) is 26.5. The van der Waals surface area contributed by atoms with E-state index in [-0.39, 0.29) is 0 Å². The van der Waals surface area contributed by atoms with Gasteiger partial charge in [0, 0.05) is 55.8 Å². The monoisotopic (exact) mass is 1660 g/mol. The van der Waals surface area contributed by atoms with Gasteiger partial charge in [0.15, 0.2) is 17.1 Å². The first kappa shape index (κ1) is 75.4. The van der Waals surface area contributed by atoms with Crippen molar-refractivity contribution in [1.82, 2.24) is 9.97 Å². The fourth-order valence-corrected chi connectivity index (χ4v) is 20.3. The van der Waals surface area contributed by atoms with Crippen molar-refractivity contribution in [3.05, 3.63) is 453 Å². The van der Waals surface area contributed by atoms with Crippen LogP contribution in [-0.2, 0) is 0 Å². The molecule has 604 valence electrons. The van der Waals surface area contributed by atoms with Gasteiger partial charge in [0.05, 0.1) is 31.1 Å². The zero-order chi connectivity index (χ0) is 86.9. The lowest BCUT2D eigenvalue weighted by Gasteiger charge is -2.17. The summed E-state index contributed by atoms with van der Waals surface area (Å²) in [4.78, 5) is 20.2. The van der Waals surface area contributed by atoms with Crippen molar-refractivity contribution in [1.29, 1.82) is 0 Å². The number of hydrogen-bond acceptors (Lipinski definition) is 5. The topological polar surface area (TPSA) is 78.3 Å². The van der Waals surface area contributed by atoms with Crippen LogP contribution in [0.5, 0.6) is 0 Å². The van der Waals surface area contributed by atoms with Crippen molar-refractivity contribution in [2.45, 2.75) is 0 Å². The smallest absolute Gasteiger partial charge is 0.188 e. The average Bonchev–Trinajstić information content (AvgIpc) is 1.70. The third kappa shape index (κ3) is 12.6. The lowest BCUT2D eigenvalue weighted by Crippen LogP contribution is -1.92. The second-order valence-electron chi connectivity index (χ2n) is 33.7. The van der Waals surface area contributed by atoms with Crippen LogP contribution in [0.3, 0.4) is 0 Å². The van der Waals surface area contributed by atoms with E-state index in [0.29, 0.717) is 17.1 Å². The van der Waals surface area contributed by atoms with E-state index in [0.717, 1.165) is 116 Å². The zero-order valence-electron chi connectivity index (χ0n) is 70.3. The van der Waals surface area contributed by atoms with E-state index in [1.54, 1.807) is 18.5 Å². The summed E-state index contributed by atoms with van der Waals surface area (Å²) in [6.07, 6.45) is 3.60. The molecule has 0 fully saturated rings. The van der Waals surface area contributed by atoms with Crippen LogP contribution in [0.15, 0.2) is 432 Å². The molecule has 0 unspecified atom stereocenters. The number of rotatable bonds is 7. The molecule has 0 N–H and O–H groups in total. The molecule has 0 saturated carbocycles. The zero-order valence-corrected chi connectivity index (χ0v) is 70.3. The number of aromatic nitrogens is 2. The molecule has 0 bridgehead atoms. The molecule has 0 aliphatic carbocycles. The summed E-state index contributed by atoms with van der Waals surface area (Å²) in [6, 6.07) is 143. The Morgan fingerprint density at radius 2 is 0.458 bits per heavy atom. The summed E-state index contributed by atoms with van der Waals surface area (Å²) >= 11 is 0. The molecule has 22 aromatic carbocycles. The second-order valence-corrected chi connectivity index (χ2v) is 33.7. The molecule has 0 aliphatic rings. The molecule has 131 heavy (non-hydrogen) atoms. The molecule has 0 radical (unpaired) electrons. The Balaban J connectivity index is 0.000000106. The van der Waals surface area contributed by atoms with Crippen LogP contribution in [0.25, 0.3) is 277 Å². The maximum atomic E-state index is 7.50. The second kappa shape index (κ2) is 30.6. The minimum absolute atomic E-state index is 0.606. The predicted octanol–water partition coefficient (Wildman–Crippen LogP) is 35.6. The van der Waals surface area contributed by atoms with Crippen LogP contribution >= 0.6 is 0 Å². The van der Waals surface area contributed by atoms with Gasteiger partial charge < -0.3 is 13.3 Å². The van der Waals surface area contributed by atoms with Gasteiger partial charge in [0.1, 0.15) is 33.5 Å². The van der Waals surface area contributed by atoms with Crippen molar-refractivity contribution in [3.8, 4) is 78.1 Å². The van der Waals surface area contributed by atoms with Crippen LogP contribution in [-0.4, -0.2) is 9.97 Å². The predicted molar refractivity (Wildman–Crippen MR) is 546 cm³/mol. The number of furan rings is 3. The fourth-order valence-electron chi connectivity index (χ4n) is 20.3. The molecule has 5 aromatic heterocycles. The molecule has 27 aromatic rings. The van der Waals surface area contributed by atoms with E-state index in [2.05, 4.69) is 347 Å². The van der Waals surface area contributed by atoms with E-state index in [4.69, 9.17) is 38.0 Å². The molecular formula is C123H69N5O3. The Hall–Kier alpha value is -18.1. The fraction of sp³-hybridized carbons (Fsp3) is 0. The van der Waals surface area contributed by atoms with Crippen LogP contribution < -0.4 is 0 Å². The van der Waals surface area contributed by atoms with Gasteiger partial charge in [-0.15, -0.1) is 0 Å². The Kier molecular flexibility index (Phi) is 17.6. The van der Waals surface area contributed by atoms with Gasteiger partial charge in [-0.3, -0.25) is 4.98 Å². The molecule has 8 nitrogen and oxygen atoms in total. The van der Waals surface area contributed by atoms with Crippen LogP contribution in [0.1, 0.15) is 0 Å². The highest BCUT2D eigenvalue weighted by Crippen LogP contribution is 2.50. The van der Waals surface area contributed by atoms with Crippen molar-refractivity contribution in [2.24, 2.45) is 0 Å². The Morgan fingerprint density at radius 3 is 0.863 bits per heavy atom. The maximum absolute atomic E-state index is 7.50. The highest BCUT2D eigenvalue weighted by Gasteiger charge is 2.23.